The first-order valence-corrected chi connectivity index (χ1v) is 9.29. The van der Waals surface area contributed by atoms with Gasteiger partial charge in [0.2, 0.25) is 12.7 Å². The Balaban J connectivity index is 1.54. The molecule has 4 amide bonds. The Hall–Kier alpha value is -2.81. The molecule has 2 aliphatic heterocycles. The van der Waals surface area contributed by atoms with E-state index >= 15 is 0 Å². The average molecular weight is 391 g/mol. The van der Waals surface area contributed by atoms with E-state index in [0.29, 0.717) is 11.5 Å². The molecule has 0 saturated carbocycles. The van der Waals surface area contributed by atoms with Crippen LogP contribution in [0, 0.1) is 5.92 Å². The molecule has 0 bridgehead atoms. The number of carbonyl (C=O) groups is 3. The number of urea groups is 1. The lowest BCUT2D eigenvalue weighted by molar-refractivity contribution is -0.128. The number of hydrogen-bond donors (Lipinski definition) is 3. The number of aliphatic hydroxyl groups excluding tert-OH is 1. The summed E-state index contributed by atoms with van der Waals surface area (Å²) in [6.07, 6.45) is 0.280. The molecule has 0 aromatic heterocycles. The summed E-state index contributed by atoms with van der Waals surface area (Å²) in [5.41, 5.74) is 0.744. The van der Waals surface area contributed by atoms with Gasteiger partial charge in [0.25, 0.3) is 5.91 Å². The van der Waals surface area contributed by atoms with Crippen molar-refractivity contribution in [1.82, 2.24) is 15.5 Å². The molecule has 1 fully saturated rings. The van der Waals surface area contributed by atoms with E-state index in [4.69, 9.17) is 9.47 Å². The summed E-state index contributed by atoms with van der Waals surface area (Å²) in [5, 5.41) is 14.6. The van der Waals surface area contributed by atoms with Gasteiger partial charge in [0, 0.05) is 6.42 Å². The fourth-order valence-electron chi connectivity index (χ4n) is 3.12. The van der Waals surface area contributed by atoms with E-state index in [0.717, 1.165) is 10.5 Å². The van der Waals surface area contributed by atoms with Gasteiger partial charge in [0.05, 0.1) is 19.2 Å². The van der Waals surface area contributed by atoms with Crippen LogP contribution >= 0.6 is 0 Å². The first-order chi connectivity index (χ1) is 13.4. The second kappa shape index (κ2) is 8.47. The Morgan fingerprint density at radius 3 is 2.79 bits per heavy atom. The van der Waals surface area contributed by atoms with Gasteiger partial charge in [-0.15, -0.1) is 0 Å². The number of fused-ring (bicyclic) bond motifs is 1. The van der Waals surface area contributed by atoms with Crippen LogP contribution in [0.2, 0.25) is 0 Å². The van der Waals surface area contributed by atoms with Gasteiger partial charge in [0.15, 0.2) is 11.5 Å². The Morgan fingerprint density at radius 1 is 1.32 bits per heavy atom. The third kappa shape index (κ3) is 4.36. The normalized spacial score (nSPS) is 19.1. The first kappa shape index (κ1) is 19.9. The molecule has 0 radical (unpaired) electrons. The monoisotopic (exact) mass is 391 g/mol. The van der Waals surface area contributed by atoms with E-state index < -0.39 is 12.1 Å². The van der Waals surface area contributed by atoms with E-state index in [1.807, 2.05) is 13.8 Å². The van der Waals surface area contributed by atoms with E-state index in [1.165, 1.54) is 0 Å². The molecule has 1 unspecified atom stereocenters. The largest absolute Gasteiger partial charge is 0.454 e. The van der Waals surface area contributed by atoms with Crippen LogP contribution < -0.4 is 20.1 Å². The number of imide groups is 1. The molecule has 2 aliphatic rings. The van der Waals surface area contributed by atoms with Gasteiger partial charge in [-0.25, -0.2) is 4.79 Å². The van der Waals surface area contributed by atoms with Crippen LogP contribution in [0.3, 0.4) is 0 Å². The number of rotatable bonds is 8. The molecule has 9 nitrogen and oxygen atoms in total. The molecule has 0 spiro atoms. The van der Waals surface area contributed by atoms with Gasteiger partial charge in [-0.2, -0.15) is 0 Å². The first-order valence-electron chi connectivity index (χ1n) is 9.29. The lowest BCUT2D eigenvalue weighted by atomic mass is 10.0. The maximum absolute atomic E-state index is 12.6. The summed E-state index contributed by atoms with van der Waals surface area (Å²) in [6.45, 7) is 3.92. The number of nitrogens with one attached hydrogen (secondary N) is 2. The molecule has 0 aliphatic carbocycles. The molecule has 1 aromatic rings. The molecule has 3 N–H and O–H groups in total. The zero-order chi connectivity index (χ0) is 20.3. The molecule has 2 atom stereocenters. The standard InChI is InChI=1S/C19H25N3O6/c1-11(2)14(9-23)20-17(24)6-4-13-18(25)22(19(26)21-13)8-12-3-5-15-16(7-12)28-10-27-15/h3,5,7,11,13-14,23H,4,6,8-10H2,1-2H3,(H,20,24)(H,21,26)/t13?,14-/m1/s1. The molecular weight excluding hydrogens is 366 g/mol. The Kier molecular flexibility index (Phi) is 6.03. The molecule has 2 heterocycles. The highest BCUT2D eigenvalue weighted by atomic mass is 16.7. The smallest absolute Gasteiger partial charge is 0.325 e. The van der Waals surface area contributed by atoms with Crippen molar-refractivity contribution in [2.75, 3.05) is 13.4 Å². The molecule has 152 valence electrons. The fourth-order valence-corrected chi connectivity index (χ4v) is 3.12. The summed E-state index contributed by atoms with van der Waals surface area (Å²) in [6, 6.07) is 3.70. The van der Waals surface area contributed by atoms with Gasteiger partial charge in [-0.3, -0.25) is 14.5 Å². The minimum atomic E-state index is -0.737. The van der Waals surface area contributed by atoms with E-state index in [9.17, 15) is 19.5 Å². The number of hydrogen-bond acceptors (Lipinski definition) is 6. The predicted octanol–water partition coefficient (Wildman–Crippen LogP) is 0.749. The van der Waals surface area contributed by atoms with Crippen molar-refractivity contribution in [3.8, 4) is 11.5 Å². The van der Waals surface area contributed by atoms with Crippen molar-refractivity contribution in [2.45, 2.75) is 45.3 Å². The van der Waals surface area contributed by atoms with Crippen molar-refractivity contribution in [1.29, 1.82) is 0 Å². The SMILES string of the molecule is CC(C)[C@@H](CO)NC(=O)CCC1NC(=O)N(Cc2ccc3c(c2)OCO3)C1=O. The van der Waals surface area contributed by atoms with E-state index in [1.54, 1.807) is 18.2 Å². The minimum absolute atomic E-state index is 0.0811. The molecule has 1 aromatic carbocycles. The zero-order valence-corrected chi connectivity index (χ0v) is 15.9. The Bertz CT molecular complexity index is 766. The quantitative estimate of drug-likeness (QED) is 0.563. The Morgan fingerprint density at radius 2 is 2.07 bits per heavy atom. The molecule has 1 saturated heterocycles. The molecule has 28 heavy (non-hydrogen) atoms. The highest BCUT2D eigenvalue weighted by molar-refractivity contribution is 6.04. The second-order valence-corrected chi connectivity index (χ2v) is 7.25. The van der Waals surface area contributed by atoms with Gasteiger partial charge >= 0.3 is 6.03 Å². The summed E-state index contributed by atoms with van der Waals surface area (Å²) in [7, 11) is 0. The van der Waals surface area contributed by atoms with Gasteiger partial charge in [-0.1, -0.05) is 19.9 Å². The maximum atomic E-state index is 12.6. The Labute approximate surface area is 163 Å². The van der Waals surface area contributed by atoms with Gasteiger partial charge in [0.1, 0.15) is 6.04 Å². The highest BCUT2D eigenvalue weighted by Gasteiger charge is 2.38. The lowest BCUT2D eigenvalue weighted by Gasteiger charge is -2.20. The van der Waals surface area contributed by atoms with Crippen LogP contribution in [0.5, 0.6) is 11.5 Å². The average Bonchev–Trinajstić information content (AvgIpc) is 3.23. The number of ether oxygens (including phenoxy) is 2. The van der Waals surface area contributed by atoms with Crippen LogP contribution in [0.15, 0.2) is 18.2 Å². The molecule has 9 heteroatoms. The van der Waals surface area contributed by atoms with Crippen molar-refractivity contribution in [3.05, 3.63) is 23.8 Å². The highest BCUT2D eigenvalue weighted by Crippen LogP contribution is 2.33. The molecular formula is C19H25N3O6. The summed E-state index contributed by atoms with van der Waals surface area (Å²) in [5.74, 6) is 0.690. The van der Waals surface area contributed by atoms with Crippen molar-refractivity contribution >= 4 is 17.8 Å². The predicted molar refractivity (Wildman–Crippen MR) is 98.5 cm³/mol. The van der Waals surface area contributed by atoms with Crippen LogP contribution in [0.1, 0.15) is 32.3 Å². The van der Waals surface area contributed by atoms with Crippen LogP contribution in [-0.4, -0.2) is 53.3 Å². The third-order valence-electron chi connectivity index (χ3n) is 4.89. The summed E-state index contributed by atoms with van der Waals surface area (Å²) >= 11 is 0. The second-order valence-electron chi connectivity index (χ2n) is 7.25. The van der Waals surface area contributed by atoms with Crippen molar-refractivity contribution in [2.24, 2.45) is 5.92 Å². The third-order valence-corrected chi connectivity index (χ3v) is 4.89. The van der Waals surface area contributed by atoms with Crippen LogP contribution in [-0.2, 0) is 16.1 Å². The topological polar surface area (TPSA) is 117 Å². The fraction of sp³-hybridized carbons (Fsp3) is 0.526. The number of amides is 4. The van der Waals surface area contributed by atoms with E-state index in [2.05, 4.69) is 10.6 Å². The summed E-state index contributed by atoms with van der Waals surface area (Å²) < 4.78 is 10.6. The lowest BCUT2D eigenvalue weighted by Crippen LogP contribution is -2.42. The maximum Gasteiger partial charge on any atom is 0.325 e. The van der Waals surface area contributed by atoms with E-state index in [-0.39, 0.29) is 56.6 Å². The van der Waals surface area contributed by atoms with Crippen molar-refractivity contribution in [3.63, 3.8) is 0 Å². The van der Waals surface area contributed by atoms with Crippen LogP contribution in [0.4, 0.5) is 4.79 Å². The minimum Gasteiger partial charge on any atom is -0.454 e. The van der Waals surface area contributed by atoms with Crippen molar-refractivity contribution < 1.29 is 29.0 Å². The van der Waals surface area contributed by atoms with Gasteiger partial charge in [-0.05, 0) is 30.0 Å². The van der Waals surface area contributed by atoms with Gasteiger partial charge < -0.3 is 25.2 Å². The zero-order valence-electron chi connectivity index (χ0n) is 15.9. The number of benzene rings is 1. The number of aliphatic hydroxyl groups is 1. The number of carbonyl (C=O) groups excluding carboxylic acids is 3. The molecule has 3 rings (SSSR count). The number of nitrogens with zero attached hydrogens (tertiary/aromatic N) is 1. The van der Waals surface area contributed by atoms with Crippen LogP contribution in [0.25, 0.3) is 0 Å². The summed E-state index contributed by atoms with van der Waals surface area (Å²) in [4.78, 5) is 38.0.